The average Bonchev–Trinajstić information content (AvgIpc) is 2.92. The molecule has 0 saturated heterocycles. The Morgan fingerprint density at radius 3 is 2.42 bits per heavy atom. The molecule has 3 rings (SSSR count). The summed E-state index contributed by atoms with van der Waals surface area (Å²) in [6, 6.07) is 14.1. The van der Waals surface area contributed by atoms with Gasteiger partial charge in [-0.05, 0) is 32.0 Å². The Balaban J connectivity index is 0.000000197. The molecule has 3 aromatic rings. The van der Waals surface area contributed by atoms with Crippen LogP contribution in [0.5, 0.6) is 0 Å². The molecule has 1 aromatic heterocycles. The molecule has 1 heterocycles. The summed E-state index contributed by atoms with van der Waals surface area (Å²) in [5, 5.41) is 2.13. The second-order valence-electron chi connectivity index (χ2n) is 5.36. The summed E-state index contributed by atoms with van der Waals surface area (Å²) in [4.78, 5) is -0.178. The summed E-state index contributed by atoms with van der Waals surface area (Å²) in [6.45, 7) is 8.03. The number of thiazole rings is 1. The Kier molecular flexibility index (Phi) is 7.16. The zero-order valence-electron chi connectivity index (χ0n) is 14.6. The van der Waals surface area contributed by atoms with Crippen molar-refractivity contribution in [1.29, 1.82) is 0 Å². The van der Waals surface area contributed by atoms with E-state index in [0.29, 0.717) is 0 Å². The number of rotatable bonds is 3. The molecular formula is C19H20NO3S3+. The second-order valence-corrected chi connectivity index (χ2v) is 8.99. The first-order chi connectivity index (χ1) is 12.3. The molecule has 2 aromatic carbocycles. The van der Waals surface area contributed by atoms with Crippen molar-refractivity contribution >= 4 is 54.5 Å². The SMILES string of the molecule is C=[n+]1c(=CC=[S+]CC)sc2ccccc21.Cc1ccc(S(=O)(=O)[O-])cc1. The van der Waals surface area contributed by atoms with Crippen molar-refractivity contribution in [3.63, 3.8) is 0 Å². The van der Waals surface area contributed by atoms with Crippen LogP contribution in [-0.4, -0.2) is 24.1 Å². The van der Waals surface area contributed by atoms with Gasteiger partial charge in [0.25, 0.3) is 4.66 Å². The van der Waals surface area contributed by atoms with E-state index in [4.69, 9.17) is 0 Å². The van der Waals surface area contributed by atoms with Crippen LogP contribution in [0.2, 0.25) is 0 Å². The summed E-state index contributed by atoms with van der Waals surface area (Å²) in [6.07, 6.45) is 2.13. The number of hydrogen-bond donors (Lipinski definition) is 0. The van der Waals surface area contributed by atoms with E-state index < -0.39 is 10.1 Å². The molecule has 0 amide bonds. The first-order valence-corrected chi connectivity index (χ1v) is 11.2. The van der Waals surface area contributed by atoms with Crippen LogP contribution in [0.25, 0.3) is 16.3 Å². The molecule has 7 heteroatoms. The van der Waals surface area contributed by atoms with Crippen molar-refractivity contribution in [2.45, 2.75) is 18.7 Å². The molecule has 0 N–H and O–H groups in total. The third kappa shape index (κ3) is 5.54. The van der Waals surface area contributed by atoms with Gasteiger partial charge in [0.05, 0.1) is 11.0 Å². The maximum absolute atomic E-state index is 10.4. The van der Waals surface area contributed by atoms with Gasteiger partial charge in [0.15, 0.2) is 22.5 Å². The van der Waals surface area contributed by atoms with Gasteiger partial charge in [-0.1, -0.05) is 41.2 Å². The number of fused-ring (bicyclic) bond motifs is 1. The zero-order chi connectivity index (χ0) is 19.2. The fraction of sp³-hybridized carbons (Fsp3) is 0.158. The molecule has 0 unspecified atom stereocenters. The van der Waals surface area contributed by atoms with Gasteiger partial charge in [-0.3, -0.25) is 0 Å². The summed E-state index contributed by atoms with van der Waals surface area (Å²) >= 11 is 3.58. The van der Waals surface area contributed by atoms with Crippen LogP contribution >= 0.6 is 11.3 Å². The molecule has 0 fully saturated rings. The molecule has 136 valence electrons. The van der Waals surface area contributed by atoms with Crippen LogP contribution < -0.4 is 8.91 Å². The van der Waals surface area contributed by atoms with E-state index in [1.54, 1.807) is 34.8 Å². The fourth-order valence-corrected chi connectivity index (χ4v) is 4.06. The molecule has 0 radical (unpaired) electrons. The van der Waals surface area contributed by atoms with Gasteiger partial charge < -0.3 is 4.55 Å². The molecule has 0 aliphatic rings. The van der Waals surface area contributed by atoms with E-state index in [9.17, 15) is 13.0 Å². The van der Waals surface area contributed by atoms with E-state index >= 15 is 0 Å². The van der Waals surface area contributed by atoms with Gasteiger partial charge in [-0.15, -0.1) is 0 Å². The molecule has 0 spiro atoms. The predicted molar refractivity (Wildman–Crippen MR) is 110 cm³/mol. The summed E-state index contributed by atoms with van der Waals surface area (Å²) in [5.74, 6) is 1.11. The second kappa shape index (κ2) is 9.14. The molecule has 0 aliphatic carbocycles. The van der Waals surface area contributed by atoms with E-state index in [-0.39, 0.29) is 4.90 Å². The molecule has 0 aliphatic heterocycles. The number of benzene rings is 2. The van der Waals surface area contributed by atoms with Crippen LogP contribution in [0.15, 0.2) is 53.4 Å². The third-order valence-electron chi connectivity index (χ3n) is 3.42. The molecule has 0 saturated carbocycles. The number of aromatic nitrogens is 1. The third-order valence-corrected chi connectivity index (χ3v) is 6.06. The molecule has 0 bridgehead atoms. The highest BCUT2D eigenvalue weighted by Crippen LogP contribution is 2.10. The topological polar surface area (TPSA) is 63.1 Å². The quantitative estimate of drug-likeness (QED) is 0.290. The lowest BCUT2D eigenvalue weighted by Crippen LogP contribution is -2.30. The lowest BCUT2D eigenvalue weighted by Gasteiger charge is -2.05. The highest BCUT2D eigenvalue weighted by atomic mass is 32.2. The minimum absolute atomic E-state index is 0.178. The fourth-order valence-electron chi connectivity index (χ4n) is 2.08. The van der Waals surface area contributed by atoms with Crippen LogP contribution in [0.4, 0.5) is 0 Å². The maximum atomic E-state index is 10.4. The van der Waals surface area contributed by atoms with Gasteiger partial charge in [-0.25, -0.2) is 8.42 Å². The Morgan fingerprint density at radius 1 is 1.19 bits per heavy atom. The van der Waals surface area contributed by atoms with Gasteiger partial charge in [0.1, 0.15) is 21.5 Å². The predicted octanol–water partition coefficient (Wildman–Crippen LogP) is 2.41. The Morgan fingerprint density at radius 2 is 1.85 bits per heavy atom. The normalized spacial score (nSPS) is 12.3. The largest absolute Gasteiger partial charge is 0.744 e. The van der Waals surface area contributed by atoms with Crippen molar-refractivity contribution in [1.82, 2.24) is 0 Å². The standard InChI is InChI=1S/C12H13NS2.C7H8O3S/c1-3-14-9-8-12-13(2)10-6-4-5-7-11(10)15-12;1-6-2-4-7(5-3-6)11(8,9)10/h4-9H,2-3H2,1H3;2-5H,1H3,(H,8,9,10)/q+2;/p-1. The number of nitrogens with zero attached hydrogens (tertiary/aromatic N) is 1. The molecule has 26 heavy (non-hydrogen) atoms. The van der Waals surface area contributed by atoms with Gasteiger partial charge in [0.2, 0.25) is 5.52 Å². The highest BCUT2D eigenvalue weighted by Gasteiger charge is 2.06. The van der Waals surface area contributed by atoms with E-state index in [0.717, 1.165) is 11.3 Å². The maximum Gasteiger partial charge on any atom is 0.272 e. The first-order valence-electron chi connectivity index (χ1n) is 7.88. The smallest absolute Gasteiger partial charge is 0.272 e. The van der Waals surface area contributed by atoms with Crippen molar-refractivity contribution in [3.05, 3.63) is 65.5 Å². The minimum Gasteiger partial charge on any atom is -0.744 e. The molecule has 0 atom stereocenters. The van der Waals surface area contributed by atoms with Crippen molar-refractivity contribution in [2.75, 3.05) is 5.75 Å². The van der Waals surface area contributed by atoms with Gasteiger partial charge in [-0.2, -0.15) is 4.24 Å². The van der Waals surface area contributed by atoms with E-state index in [2.05, 4.69) is 43.3 Å². The Hall–Kier alpha value is -1.93. The average molecular weight is 407 g/mol. The van der Waals surface area contributed by atoms with E-state index in [1.807, 2.05) is 17.2 Å². The summed E-state index contributed by atoms with van der Waals surface area (Å²) in [5.41, 5.74) is 2.13. The lowest BCUT2D eigenvalue weighted by atomic mass is 10.2. The number of para-hydroxylation sites is 1. The monoisotopic (exact) mass is 406 g/mol. The summed E-state index contributed by atoms with van der Waals surface area (Å²) in [7, 11) is -4.27. The van der Waals surface area contributed by atoms with Gasteiger partial charge >= 0.3 is 0 Å². The minimum atomic E-state index is -4.27. The van der Waals surface area contributed by atoms with Crippen LogP contribution in [0, 0.1) is 13.6 Å². The zero-order valence-corrected chi connectivity index (χ0v) is 17.0. The van der Waals surface area contributed by atoms with Crippen LogP contribution in [-0.2, 0) is 21.5 Å². The molecular weight excluding hydrogens is 386 g/mol. The van der Waals surface area contributed by atoms with Gasteiger partial charge in [0, 0.05) is 6.07 Å². The highest BCUT2D eigenvalue weighted by molar-refractivity contribution is 7.85. The molecule has 4 nitrogen and oxygen atoms in total. The van der Waals surface area contributed by atoms with Crippen LogP contribution in [0.1, 0.15) is 12.5 Å². The lowest BCUT2D eigenvalue weighted by molar-refractivity contribution is -0.477. The van der Waals surface area contributed by atoms with Crippen molar-refractivity contribution < 1.29 is 17.2 Å². The Bertz CT molecular complexity index is 1120. The first kappa shape index (κ1) is 20.4. The number of aryl methyl sites for hydroxylation is 1. The Labute approximate surface area is 161 Å². The van der Waals surface area contributed by atoms with Crippen molar-refractivity contribution in [3.8, 4) is 0 Å². The van der Waals surface area contributed by atoms with Crippen molar-refractivity contribution in [2.24, 2.45) is 0 Å². The van der Waals surface area contributed by atoms with E-state index in [1.165, 1.54) is 27.0 Å². The number of hydrogen-bond acceptors (Lipinski definition) is 4. The summed E-state index contributed by atoms with van der Waals surface area (Å²) < 4.78 is 35.6. The van der Waals surface area contributed by atoms with Crippen LogP contribution in [0.3, 0.4) is 0 Å².